The van der Waals surface area contributed by atoms with Crippen LogP contribution >= 0.6 is 0 Å². The summed E-state index contributed by atoms with van der Waals surface area (Å²) in [6.07, 6.45) is 1.47. The first-order chi connectivity index (χ1) is 11.4. The maximum Gasteiger partial charge on any atom is 0.234 e. The van der Waals surface area contributed by atoms with Crippen LogP contribution in [0.3, 0.4) is 0 Å². The Hall–Kier alpha value is -1.59. The molecular weight excluding hydrogens is 304 g/mol. The van der Waals surface area contributed by atoms with E-state index in [0.717, 1.165) is 30.8 Å². The van der Waals surface area contributed by atoms with Crippen LogP contribution in [0.5, 0.6) is 5.75 Å². The first kappa shape index (κ1) is 18.7. The standard InChI is InChI=1S/C19H30N2O3/c1-19(2,3)14-21(10-6-11-22)13-18(23)20-16-9-12-24-17-8-5-4-7-15(16)17/h4-5,7-8,16,22H,6,9-14H2,1-3H3,(H,20,23). The third kappa shape index (κ3) is 5.80. The van der Waals surface area contributed by atoms with Crippen LogP contribution in [0.4, 0.5) is 0 Å². The van der Waals surface area contributed by atoms with Gasteiger partial charge in [-0.2, -0.15) is 0 Å². The van der Waals surface area contributed by atoms with Crippen molar-refractivity contribution in [2.24, 2.45) is 5.41 Å². The van der Waals surface area contributed by atoms with E-state index >= 15 is 0 Å². The third-order valence-electron chi connectivity index (χ3n) is 3.99. The summed E-state index contributed by atoms with van der Waals surface area (Å²) in [6.45, 7) is 9.16. The van der Waals surface area contributed by atoms with Crippen molar-refractivity contribution in [3.8, 4) is 5.75 Å². The molecule has 0 aromatic heterocycles. The van der Waals surface area contributed by atoms with Crippen molar-refractivity contribution in [1.82, 2.24) is 10.2 Å². The number of aliphatic hydroxyl groups excluding tert-OH is 1. The molecule has 0 spiro atoms. The number of aliphatic hydroxyl groups is 1. The van der Waals surface area contributed by atoms with Crippen LogP contribution in [-0.2, 0) is 4.79 Å². The molecule has 1 aliphatic rings. The molecule has 0 bridgehead atoms. The number of ether oxygens (including phenoxy) is 1. The minimum atomic E-state index is 0.0109. The first-order valence-corrected chi connectivity index (χ1v) is 8.73. The smallest absolute Gasteiger partial charge is 0.234 e. The fourth-order valence-corrected chi connectivity index (χ4v) is 3.11. The minimum Gasteiger partial charge on any atom is -0.493 e. The number of carbonyl (C=O) groups excluding carboxylic acids is 1. The van der Waals surface area contributed by atoms with Crippen LogP contribution < -0.4 is 10.1 Å². The number of hydrogen-bond donors (Lipinski definition) is 2. The predicted octanol–water partition coefficient (Wildman–Crippen LogP) is 2.36. The van der Waals surface area contributed by atoms with E-state index in [1.807, 2.05) is 24.3 Å². The Kier molecular flexibility index (Phi) is 6.63. The number of rotatable bonds is 7. The molecule has 1 aromatic carbocycles. The highest BCUT2D eigenvalue weighted by Gasteiger charge is 2.24. The Balaban J connectivity index is 1.95. The monoisotopic (exact) mass is 334 g/mol. The molecule has 24 heavy (non-hydrogen) atoms. The van der Waals surface area contributed by atoms with Gasteiger partial charge < -0.3 is 15.2 Å². The molecule has 134 valence electrons. The molecule has 1 aliphatic heterocycles. The quantitative estimate of drug-likeness (QED) is 0.803. The maximum atomic E-state index is 12.5. The second kappa shape index (κ2) is 8.49. The molecule has 1 atom stereocenters. The zero-order chi connectivity index (χ0) is 17.6. The highest BCUT2D eigenvalue weighted by Crippen LogP contribution is 2.31. The van der Waals surface area contributed by atoms with Gasteiger partial charge in [0.05, 0.1) is 19.2 Å². The van der Waals surface area contributed by atoms with E-state index in [2.05, 4.69) is 31.0 Å². The van der Waals surface area contributed by atoms with Gasteiger partial charge in [0.2, 0.25) is 5.91 Å². The SMILES string of the molecule is CC(C)(C)CN(CCCO)CC(=O)NC1CCOc2ccccc21. The molecule has 0 saturated carbocycles. The highest BCUT2D eigenvalue weighted by molar-refractivity contribution is 5.78. The summed E-state index contributed by atoms with van der Waals surface area (Å²) in [5, 5.41) is 12.2. The molecule has 1 heterocycles. The number of para-hydroxylation sites is 1. The number of nitrogens with zero attached hydrogens (tertiary/aromatic N) is 1. The van der Waals surface area contributed by atoms with Crippen molar-refractivity contribution in [3.63, 3.8) is 0 Å². The van der Waals surface area contributed by atoms with Crippen molar-refractivity contribution in [3.05, 3.63) is 29.8 Å². The van der Waals surface area contributed by atoms with Crippen molar-refractivity contribution < 1.29 is 14.6 Å². The second-order valence-electron chi connectivity index (χ2n) is 7.64. The fourth-order valence-electron chi connectivity index (χ4n) is 3.11. The Labute approximate surface area is 145 Å². The molecule has 5 heteroatoms. The van der Waals surface area contributed by atoms with Gasteiger partial charge in [-0.25, -0.2) is 0 Å². The van der Waals surface area contributed by atoms with E-state index in [9.17, 15) is 4.79 Å². The first-order valence-electron chi connectivity index (χ1n) is 8.73. The van der Waals surface area contributed by atoms with Crippen molar-refractivity contribution in [2.45, 2.75) is 39.7 Å². The average Bonchev–Trinajstić information content (AvgIpc) is 2.51. The summed E-state index contributed by atoms with van der Waals surface area (Å²) in [5.41, 5.74) is 1.16. The number of benzene rings is 1. The number of amides is 1. The summed E-state index contributed by atoms with van der Waals surface area (Å²) in [4.78, 5) is 14.6. The summed E-state index contributed by atoms with van der Waals surface area (Å²) in [5.74, 6) is 0.889. The van der Waals surface area contributed by atoms with E-state index in [4.69, 9.17) is 9.84 Å². The molecular formula is C19H30N2O3. The van der Waals surface area contributed by atoms with Gasteiger partial charge in [0, 0.05) is 31.7 Å². The molecule has 1 aromatic rings. The normalized spacial score (nSPS) is 17.3. The maximum absolute atomic E-state index is 12.5. The van der Waals surface area contributed by atoms with Gasteiger partial charge >= 0.3 is 0 Å². The number of carbonyl (C=O) groups is 1. The highest BCUT2D eigenvalue weighted by atomic mass is 16.5. The molecule has 0 fully saturated rings. The summed E-state index contributed by atoms with van der Waals surface area (Å²) in [7, 11) is 0. The van der Waals surface area contributed by atoms with Crippen LogP contribution in [-0.4, -0.2) is 48.8 Å². The summed E-state index contributed by atoms with van der Waals surface area (Å²) < 4.78 is 5.65. The predicted molar refractivity (Wildman–Crippen MR) is 95.0 cm³/mol. The van der Waals surface area contributed by atoms with E-state index in [0.29, 0.717) is 19.6 Å². The van der Waals surface area contributed by atoms with Crippen LogP contribution in [0.2, 0.25) is 0 Å². The minimum absolute atomic E-state index is 0.0109. The van der Waals surface area contributed by atoms with Crippen LogP contribution in [0.25, 0.3) is 0 Å². The summed E-state index contributed by atoms with van der Waals surface area (Å²) >= 11 is 0. The third-order valence-corrected chi connectivity index (χ3v) is 3.99. The lowest BCUT2D eigenvalue weighted by Gasteiger charge is -2.31. The van der Waals surface area contributed by atoms with Crippen LogP contribution in [0.1, 0.15) is 45.2 Å². The molecule has 1 unspecified atom stereocenters. The number of fused-ring (bicyclic) bond motifs is 1. The van der Waals surface area contributed by atoms with Crippen molar-refractivity contribution in [2.75, 3.05) is 32.8 Å². The molecule has 0 saturated heterocycles. The summed E-state index contributed by atoms with van der Waals surface area (Å²) in [6, 6.07) is 7.89. The lowest BCUT2D eigenvalue weighted by atomic mass is 9.96. The van der Waals surface area contributed by atoms with Crippen molar-refractivity contribution >= 4 is 5.91 Å². The molecule has 5 nitrogen and oxygen atoms in total. The van der Waals surface area contributed by atoms with Gasteiger partial charge in [0.1, 0.15) is 5.75 Å². The van der Waals surface area contributed by atoms with Gasteiger partial charge in [-0.05, 0) is 17.9 Å². The van der Waals surface area contributed by atoms with Gasteiger partial charge in [0.15, 0.2) is 0 Å². The molecule has 0 aliphatic carbocycles. The van der Waals surface area contributed by atoms with E-state index < -0.39 is 0 Å². The topological polar surface area (TPSA) is 61.8 Å². The molecule has 0 radical (unpaired) electrons. The van der Waals surface area contributed by atoms with Gasteiger partial charge in [0.25, 0.3) is 0 Å². The second-order valence-corrected chi connectivity index (χ2v) is 7.64. The van der Waals surface area contributed by atoms with E-state index in [-0.39, 0.29) is 24.0 Å². The Morgan fingerprint density at radius 2 is 2.12 bits per heavy atom. The number of nitrogens with one attached hydrogen (secondary N) is 1. The van der Waals surface area contributed by atoms with Crippen LogP contribution in [0, 0.1) is 5.41 Å². The van der Waals surface area contributed by atoms with Gasteiger partial charge in [-0.1, -0.05) is 39.0 Å². The zero-order valence-corrected chi connectivity index (χ0v) is 15.0. The van der Waals surface area contributed by atoms with Gasteiger partial charge in [-0.15, -0.1) is 0 Å². The average molecular weight is 334 g/mol. The number of hydrogen-bond acceptors (Lipinski definition) is 4. The molecule has 2 N–H and O–H groups in total. The lowest BCUT2D eigenvalue weighted by molar-refractivity contribution is -0.123. The van der Waals surface area contributed by atoms with Crippen LogP contribution in [0.15, 0.2) is 24.3 Å². The van der Waals surface area contributed by atoms with Crippen molar-refractivity contribution in [1.29, 1.82) is 0 Å². The fraction of sp³-hybridized carbons (Fsp3) is 0.632. The molecule has 2 rings (SSSR count). The largest absolute Gasteiger partial charge is 0.493 e. The zero-order valence-electron chi connectivity index (χ0n) is 15.0. The Morgan fingerprint density at radius 1 is 1.38 bits per heavy atom. The molecule has 1 amide bonds. The Morgan fingerprint density at radius 3 is 2.83 bits per heavy atom. The van der Waals surface area contributed by atoms with E-state index in [1.165, 1.54) is 0 Å². The van der Waals surface area contributed by atoms with Gasteiger partial charge in [-0.3, -0.25) is 9.69 Å². The van der Waals surface area contributed by atoms with E-state index in [1.54, 1.807) is 0 Å². The Bertz CT molecular complexity index is 540. The lowest BCUT2D eigenvalue weighted by Crippen LogP contribution is -2.43.